The molecule has 1 saturated carbocycles. The summed E-state index contributed by atoms with van der Waals surface area (Å²) in [4.78, 5) is 29.3. The van der Waals surface area contributed by atoms with Crippen molar-refractivity contribution >= 4 is 11.9 Å². The van der Waals surface area contributed by atoms with Gasteiger partial charge >= 0.3 is 6.03 Å². The first-order valence-corrected chi connectivity index (χ1v) is 11.6. The molecule has 0 aromatic carbocycles. The highest BCUT2D eigenvalue weighted by atomic mass is 16.2. The van der Waals surface area contributed by atoms with Crippen molar-refractivity contribution in [2.24, 2.45) is 11.8 Å². The highest BCUT2D eigenvalue weighted by Gasteiger charge is 2.25. The van der Waals surface area contributed by atoms with Crippen LogP contribution in [0.4, 0.5) is 4.79 Å². The van der Waals surface area contributed by atoms with Gasteiger partial charge in [-0.3, -0.25) is 15.0 Å². The molecule has 0 aromatic heterocycles. The maximum Gasteiger partial charge on any atom is 0.321 e. The van der Waals surface area contributed by atoms with E-state index < -0.39 is 0 Å². The van der Waals surface area contributed by atoms with E-state index in [0.29, 0.717) is 12.5 Å². The minimum Gasteiger partial charge on any atom is -0.335 e. The largest absolute Gasteiger partial charge is 0.335 e. The average molecular weight is 393 g/mol. The van der Waals surface area contributed by atoms with Crippen LogP contribution in [0, 0.1) is 11.8 Å². The molecule has 2 unspecified atom stereocenters. The topological polar surface area (TPSA) is 64.7 Å². The molecule has 2 N–H and O–H groups in total. The Morgan fingerprint density at radius 1 is 0.821 bits per heavy atom. The predicted octanol–water partition coefficient (Wildman–Crippen LogP) is 2.98. The SMILES string of the molecule is CC1CCCCC1NC(=O)NC(=O)CN1CCC(CN2CCCCCC2)CC1. The van der Waals surface area contributed by atoms with E-state index in [2.05, 4.69) is 27.4 Å². The molecule has 2 saturated heterocycles. The number of carbonyl (C=O) groups is 2. The second-order valence-corrected chi connectivity index (χ2v) is 9.32. The van der Waals surface area contributed by atoms with E-state index in [1.165, 1.54) is 51.7 Å². The molecule has 3 fully saturated rings. The fourth-order valence-electron chi connectivity index (χ4n) is 5.12. The Labute approximate surface area is 170 Å². The molecule has 0 spiro atoms. The summed E-state index contributed by atoms with van der Waals surface area (Å²) in [5.41, 5.74) is 0. The van der Waals surface area contributed by atoms with Crippen LogP contribution in [0.5, 0.6) is 0 Å². The lowest BCUT2D eigenvalue weighted by molar-refractivity contribution is -0.121. The van der Waals surface area contributed by atoms with Crippen molar-refractivity contribution in [3.63, 3.8) is 0 Å². The van der Waals surface area contributed by atoms with Gasteiger partial charge in [-0.2, -0.15) is 0 Å². The number of likely N-dealkylation sites (tertiary alicyclic amines) is 2. The molecule has 2 aliphatic heterocycles. The molecule has 6 nitrogen and oxygen atoms in total. The van der Waals surface area contributed by atoms with Crippen LogP contribution >= 0.6 is 0 Å². The molecule has 3 amide bonds. The smallest absolute Gasteiger partial charge is 0.321 e. The van der Waals surface area contributed by atoms with Crippen LogP contribution in [-0.4, -0.2) is 67.0 Å². The van der Waals surface area contributed by atoms with Gasteiger partial charge in [-0.25, -0.2) is 4.79 Å². The molecule has 160 valence electrons. The van der Waals surface area contributed by atoms with Gasteiger partial charge < -0.3 is 10.2 Å². The zero-order valence-electron chi connectivity index (χ0n) is 17.8. The Morgan fingerprint density at radius 3 is 2.18 bits per heavy atom. The fourth-order valence-corrected chi connectivity index (χ4v) is 5.12. The maximum atomic E-state index is 12.3. The van der Waals surface area contributed by atoms with Gasteiger partial charge in [0, 0.05) is 12.6 Å². The van der Waals surface area contributed by atoms with Crippen molar-refractivity contribution in [2.45, 2.75) is 77.2 Å². The number of urea groups is 1. The van der Waals surface area contributed by atoms with Crippen molar-refractivity contribution < 1.29 is 9.59 Å². The Balaban J connectivity index is 1.31. The Bertz CT molecular complexity index is 497. The molecule has 3 rings (SSSR count). The first-order valence-electron chi connectivity index (χ1n) is 11.6. The number of nitrogens with one attached hydrogen (secondary N) is 2. The number of amides is 3. The van der Waals surface area contributed by atoms with E-state index in [1.54, 1.807) is 0 Å². The Hall–Kier alpha value is -1.14. The lowest BCUT2D eigenvalue weighted by Crippen LogP contribution is -2.50. The average Bonchev–Trinajstić information content (AvgIpc) is 2.94. The number of hydrogen-bond acceptors (Lipinski definition) is 4. The van der Waals surface area contributed by atoms with Gasteiger partial charge in [-0.1, -0.05) is 32.6 Å². The van der Waals surface area contributed by atoms with Crippen LogP contribution < -0.4 is 10.6 Å². The molecule has 0 bridgehead atoms. The van der Waals surface area contributed by atoms with Gasteiger partial charge in [0.25, 0.3) is 0 Å². The van der Waals surface area contributed by atoms with Crippen molar-refractivity contribution in [1.82, 2.24) is 20.4 Å². The first-order chi connectivity index (χ1) is 13.6. The summed E-state index contributed by atoms with van der Waals surface area (Å²) in [5.74, 6) is 1.08. The van der Waals surface area contributed by atoms with Crippen molar-refractivity contribution in [3.05, 3.63) is 0 Å². The van der Waals surface area contributed by atoms with E-state index in [9.17, 15) is 9.59 Å². The third-order valence-corrected chi connectivity index (χ3v) is 6.97. The van der Waals surface area contributed by atoms with E-state index >= 15 is 0 Å². The maximum absolute atomic E-state index is 12.3. The highest BCUT2D eigenvalue weighted by molar-refractivity contribution is 5.95. The highest BCUT2D eigenvalue weighted by Crippen LogP contribution is 2.23. The van der Waals surface area contributed by atoms with Gasteiger partial charge in [0.2, 0.25) is 5.91 Å². The molecule has 1 aliphatic carbocycles. The Morgan fingerprint density at radius 2 is 1.50 bits per heavy atom. The molecular weight excluding hydrogens is 352 g/mol. The van der Waals surface area contributed by atoms with Crippen molar-refractivity contribution in [2.75, 3.05) is 39.3 Å². The second kappa shape index (κ2) is 11.1. The van der Waals surface area contributed by atoms with E-state index in [-0.39, 0.29) is 18.0 Å². The van der Waals surface area contributed by atoms with E-state index in [4.69, 9.17) is 0 Å². The molecule has 28 heavy (non-hydrogen) atoms. The van der Waals surface area contributed by atoms with Crippen LogP contribution in [0.1, 0.15) is 71.1 Å². The number of imide groups is 1. The van der Waals surface area contributed by atoms with Crippen molar-refractivity contribution in [3.8, 4) is 0 Å². The molecular formula is C22H40N4O2. The van der Waals surface area contributed by atoms with Gasteiger partial charge in [0.05, 0.1) is 6.54 Å². The monoisotopic (exact) mass is 392 g/mol. The van der Waals surface area contributed by atoms with E-state index in [1.807, 2.05) is 0 Å². The summed E-state index contributed by atoms with van der Waals surface area (Å²) in [6.07, 6.45) is 12.4. The van der Waals surface area contributed by atoms with Gasteiger partial charge in [-0.05, 0) is 76.5 Å². The lowest BCUT2D eigenvalue weighted by atomic mass is 9.86. The quantitative estimate of drug-likeness (QED) is 0.755. The normalized spacial score (nSPS) is 28.5. The van der Waals surface area contributed by atoms with Gasteiger partial charge in [0.15, 0.2) is 0 Å². The van der Waals surface area contributed by atoms with Crippen LogP contribution in [0.25, 0.3) is 0 Å². The minimum absolute atomic E-state index is 0.174. The number of piperidine rings is 1. The summed E-state index contributed by atoms with van der Waals surface area (Å²) in [7, 11) is 0. The van der Waals surface area contributed by atoms with Crippen LogP contribution in [-0.2, 0) is 4.79 Å². The standard InChI is InChI=1S/C22H40N4O2/c1-18-8-4-5-9-20(18)23-22(28)24-21(27)17-26-14-10-19(11-15-26)16-25-12-6-2-3-7-13-25/h18-20H,2-17H2,1H3,(H2,23,24,27,28). The third kappa shape index (κ3) is 7.03. The molecule has 3 aliphatic rings. The van der Waals surface area contributed by atoms with E-state index in [0.717, 1.165) is 51.1 Å². The molecule has 2 atom stereocenters. The second-order valence-electron chi connectivity index (χ2n) is 9.32. The lowest BCUT2D eigenvalue weighted by Gasteiger charge is -2.34. The molecule has 6 heteroatoms. The third-order valence-electron chi connectivity index (χ3n) is 6.97. The number of rotatable bonds is 5. The molecule has 0 radical (unpaired) electrons. The zero-order valence-corrected chi connectivity index (χ0v) is 17.8. The summed E-state index contributed by atoms with van der Waals surface area (Å²) in [6.45, 7) is 8.20. The fraction of sp³-hybridized carbons (Fsp3) is 0.909. The summed E-state index contributed by atoms with van der Waals surface area (Å²) in [6, 6.07) is -0.115. The summed E-state index contributed by atoms with van der Waals surface area (Å²) >= 11 is 0. The predicted molar refractivity (Wildman–Crippen MR) is 112 cm³/mol. The number of nitrogens with zero attached hydrogens (tertiary/aromatic N) is 2. The van der Waals surface area contributed by atoms with Crippen LogP contribution in [0.2, 0.25) is 0 Å². The van der Waals surface area contributed by atoms with Gasteiger partial charge in [0.1, 0.15) is 0 Å². The molecule has 2 heterocycles. The van der Waals surface area contributed by atoms with Crippen molar-refractivity contribution in [1.29, 1.82) is 0 Å². The van der Waals surface area contributed by atoms with Crippen LogP contribution in [0.15, 0.2) is 0 Å². The zero-order chi connectivity index (χ0) is 19.8. The number of carbonyl (C=O) groups excluding carboxylic acids is 2. The Kier molecular flexibility index (Phi) is 8.59. The molecule has 0 aromatic rings. The minimum atomic E-state index is -0.320. The summed E-state index contributed by atoms with van der Waals surface area (Å²) in [5, 5.41) is 5.54. The van der Waals surface area contributed by atoms with Crippen LogP contribution in [0.3, 0.4) is 0 Å². The van der Waals surface area contributed by atoms with Gasteiger partial charge in [-0.15, -0.1) is 0 Å². The summed E-state index contributed by atoms with van der Waals surface area (Å²) < 4.78 is 0. The first kappa shape index (κ1) is 21.6. The number of hydrogen-bond donors (Lipinski definition) is 2.